The molecule has 266 valence electrons. The Kier molecular flexibility index (Phi) is 15.6. The summed E-state index contributed by atoms with van der Waals surface area (Å²) in [6, 6.07) is 6.73. The first-order valence-corrected chi connectivity index (χ1v) is 17.0. The lowest BCUT2D eigenvalue weighted by atomic mass is 9.77. The minimum absolute atomic E-state index is 0.0158. The van der Waals surface area contributed by atoms with Crippen LogP contribution in [0.25, 0.3) is 10.4 Å². The van der Waals surface area contributed by atoms with Crippen molar-refractivity contribution >= 4 is 34.9 Å². The van der Waals surface area contributed by atoms with Crippen LogP contribution in [0, 0.1) is 18.3 Å². The predicted molar refractivity (Wildman–Crippen MR) is 178 cm³/mol. The van der Waals surface area contributed by atoms with Crippen LogP contribution in [0.3, 0.4) is 0 Å². The van der Waals surface area contributed by atoms with Gasteiger partial charge in [-0.3, -0.25) is 14.4 Å². The Morgan fingerprint density at radius 3 is 2.10 bits per heavy atom. The third kappa shape index (κ3) is 12.3. The quantitative estimate of drug-likeness (QED) is 0.174. The smallest absolute Gasteiger partial charge is 0.329 e. The molecule has 2 amide bonds. The molecule has 1 aliphatic heterocycles. The second-order valence-electron chi connectivity index (χ2n) is 12.9. The van der Waals surface area contributed by atoms with E-state index >= 15 is 0 Å². The van der Waals surface area contributed by atoms with Gasteiger partial charge in [-0.2, -0.15) is 0 Å². The molecular weight excluding hydrogens is 642 g/mol. The van der Waals surface area contributed by atoms with E-state index in [1.807, 2.05) is 64.4 Å². The third-order valence-electron chi connectivity index (χ3n) is 8.02. The van der Waals surface area contributed by atoms with Gasteiger partial charge >= 0.3 is 5.97 Å². The number of aliphatic carboxylic acids is 1. The standard InChI is InChI=1S/C34H49N3O10S/c1-22(24-6-8-25(9-7-24)31-23(2)35-21-48-31)36-32(42)29-17-26(38)18-37(29)33(43)28(34(3,4)5)16-27(39)19-46-14-12-44-10-11-45-13-15-47-20-30(40)41/h6-9,21-22,26,28-29,38H,10-20H2,1-5H3,(H,36,42)(H,40,41)/t22-,26+,28+,29-/m0/s1. The van der Waals surface area contributed by atoms with Crippen LogP contribution < -0.4 is 5.32 Å². The van der Waals surface area contributed by atoms with Gasteiger partial charge in [0.15, 0.2) is 5.78 Å². The molecule has 2 heterocycles. The maximum absolute atomic E-state index is 13.9. The van der Waals surface area contributed by atoms with Crippen LogP contribution in [0.1, 0.15) is 57.8 Å². The van der Waals surface area contributed by atoms with Crippen LogP contribution in [0.2, 0.25) is 0 Å². The molecule has 1 fully saturated rings. The number of aliphatic hydroxyl groups is 1. The van der Waals surface area contributed by atoms with Gasteiger partial charge in [0, 0.05) is 25.3 Å². The van der Waals surface area contributed by atoms with Crippen LogP contribution in [-0.4, -0.2) is 115 Å². The van der Waals surface area contributed by atoms with E-state index in [1.54, 1.807) is 11.3 Å². The Labute approximate surface area is 285 Å². The van der Waals surface area contributed by atoms with Crippen molar-refractivity contribution in [2.24, 2.45) is 11.3 Å². The molecule has 0 radical (unpaired) electrons. The number of likely N-dealkylation sites (tertiary alicyclic amines) is 1. The Hall–Kier alpha value is -3.27. The van der Waals surface area contributed by atoms with E-state index in [-0.39, 0.29) is 82.7 Å². The molecule has 0 aliphatic carbocycles. The van der Waals surface area contributed by atoms with Crippen molar-refractivity contribution in [1.29, 1.82) is 0 Å². The minimum Gasteiger partial charge on any atom is -0.480 e. The molecule has 0 spiro atoms. The number of nitrogens with one attached hydrogen (secondary N) is 1. The monoisotopic (exact) mass is 691 g/mol. The molecule has 4 atom stereocenters. The average molecular weight is 692 g/mol. The van der Waals surface area contributed by atoms with Crippen molar-refractivity contribution in [3.8, 4) is 10.4 Å². The van der Waals surface area contributed by atoms with E-state index in [0.29, 0.717) is 13.2 Å². The lowest BCUT2D eigenvalue weighted by molar-refractivity contribution is -0.147. The fraction of sp³-hybridized carbons (Fsp3) is 0.618. The van der Waals surface area contributed by atoms with Crippen molar-refractivity contribution in [3.05, 3.63) is 41.0 Å². The molecule has 1 aliphatic rings. The fourth-order valence-corrected chi connectivity index (χ4v) is 6.17. The van der Waals surface area contributed by atoms with Gasteiger partial charge in [0.05, 0.1) is 67.9 Å². The van der Waals surface area contributed by atoms with Crippen molar-refractivity contribution in [1.82, 2.24) is 15.2 Å². The zero-order chi connectivity index (χ0) is 35.3. The first-order chi connectivity index (χ1) is 22.8. The summed E-state index contributed by atoms with van der Waals surface area (Å²) in [6.45, 7) is 10.4. The molecule has 13 nitrogen and oxygen atoms in total. The number of ether oxygens (including phenoxy) is 4. The number of amides is 2. The number of rotatable bonds is 20. The second kappa shape index (κ2) is 19.1. The van der Waals surface area contributed by atoms with Crippen molar-refractivity contribution in [2.75, 3.05) is 59.4 Å². The van der Waals surface area contributed by atoms with Gasteiger partial charge < -0.3 is 39.4 Å². The minimum atomic E-state index is -1.04. The maximum Gasteiger partial charge on any atom is 0.329 e. The summed E-state index contributed by atoms with van der Waals surface area (Å²) in [4.78, 5) is 57.4. The van der Waals surface area contributed by atoms with Gasteiger partial charge in [0.25, 0.3) is 0 Å². The Morgan fingerprint density at radius 1 is 0.979 bits per heavy atom. The SMILES string of the molecule is Cc1ncsc1-c1ccc([C@H](C)NC(=O)[C@@H]2C[C@@H](O)CN2C(=O)[C@@H](CC(=O)COCCOCCOCCOCC(=O)O)C(C)(C)C)cc1. The van der Waals surface area contributed by atoms with Gasteiger partial charge in [0.2, 0.25) is 11.8 Å². The molecular formula is C34H49N3O10S. The third-order valence-corrected chi connectivity index (χ3v) is 9.00. The number of hydrogen-bond donors (Lipinski definition) is 3. The number of aliphatic hydroxyl groups excluding tert-OH is 1. The highest BCUT2D eigenvalue weighted by molar-refractivity contribution is 7.13. The number of thiazole rings is 1. The van der Waals surface area contributed by atoms with Gasteiger partial charge in [-0.05, 0) is 30.4 Å². The van der Waals surface area contributed by atoms with E-state index in [2.05, 4.69) is 10.3 Å². The topological polar surface area (TPSA) is 174 Å². The first-order valence-electron chi connectivity index (χ1n) is 16.1. The molecule has 0 bridgehead atoms. The molecule has 0 saturated carbocycles. The van der Waals surface area contributed by atoms with Gasteiger partial charge in [-0.15, -0.1) is 11.3 Å². The number of benzene rings is 1. The van der Waals surface area contributed by atoms with Gasteiger partial charge in [-0.25, -0.2) is 9.78 Å². The van der Waals surface area contributed by atoms with Crippen molar-refractivity contribution in [2.45, 2.75) is 65.6 Å². The number of ketones is 1. The largest absolute Gasteiger partial charge is 0.480 e. The highest BCUT2D eigenvalue weighted by Gasteiger charge is 2.44. The Bertz CT molecular complexity index is 1340. The van der Waals surface area contributed by atoms with Crippen molar-refractivity contribution < 1.29 is 48.3 Å². The Morgan fingerprint density at radius 2 is 1.56 bits per heavy atom. The van der Waals surface area contributed by atoms with Crippen LogP contribution in [-0.2, 0) is 38.1 Å². The zero-order valence-corrected chi connectivity index (χ0v) is 29.3. The summed E-state index contributed by atoms with van der Waals surface area (Å²) in [5, 5.41) is 22.0. The number of hydrogen-bond acceptors (Lipinski definition) is 11. The highest BCUT2D eigenvalue weighted by atomic mass is 32.1. The molecule has 3 N–H and O–H groups in total. The molecule has 2 aromatic rings. The zero-order valence-electron chi connectivity index (χ0n) is 28.4. The fourth-order valence-electron chi connectivity index (χ4n) is 5.35. The molecule has 1 aromatic heterocycles. The maximum atomic E-state index is 13.9. The second-order valence-corrected chi connectivity index (χ2v) is 13.8. The van der Waals surface area contributed by atoms with Crippen molar-refractivity contribution in [3.63, 3.8) is 0 Å². The van der Waals surface area contributed by atoms with Gasteiger partial charge in [-0.1, -0.05) is 45.0 Å². The van der Waals surface area contributed by atoms with E-state index in [0.717, 1.165) is 21.7 Å². The summed E-state index contributed by atoms with van der Waals surface area (Å²) < 4.78 is 21.0. The van der Waals surface area contributed by atoms with Crippen LogP contribution >= 0.6 is 11.3 Å². The van der Waals surface area contributed by atoms with Crippen LogP contribution in [0.5, 0.6) is 0 Å². The molecule has 0 unspecified atom stereocenters. The summed E-state index contributed by atoms with van der Waals surface area (Å²) in [5.41, 5.74) is 4.14. The Balaban J connectivity index is 1.46. The molecule has 14 heteroatoms. The normalized spacial score (nSPS) is 17.7. The number of Topliss-reactive ketones (excluding diaryl/α,β-unsaturated/α-hetero) is 1. The number of aromatic nitrogens is 1. The number of carboxylic acid groups (broad SMARTS) is 1. The molecule has 1 aromatic carbocycles. The molecule has 1 saturated heterocycles. The first kappa shape index (κ1) is 39.2. The van der Waals surface area contributed by atoms with Gasteiger partial charge in [0.1, 0.15) is 19.3 Å². The molecule has 3 rings (SSSR count). The summed E-state index contributed by atoms with van der Waals surface area (Å²) >= 11 is 1.57. The number of β-amino-alcohol motifs (C(OH)–C–C–N with tert-alkyl or cyclic N) is 1. The number of carboxylic acids is 1. The molecule has 48 heavy (non-hydrogen) atoms. The summed E-state index contributed by atoms with van der Waals surface area (Å²) in [6.07, 6.45) is -0.799. The van der Waals surface area contributed by atoms with E-state index < -0.39 is 29.4 Å². The lowest BCUT2D eigenvalue weighted by Crippen LogP contribution is -2.50. The summed E-state index contributed by atoms with van der Waals surface area (Å²) in [5.74, 6) is -2.71. The summed E-state index contributed by atoms with van der Waals surface area (Å²) in [7, 11) is 0. The number of nitrogens with zero attached hydrogens (tertiary/aromatic N) is 2. The van der Waals surface area contributed by atoms with E-state index in [4.69, 9.17) is 24.1 Å². The average Bonchev–Trinajstić information content (AvgIpc) is 3.64. The van der Waals surface area contributed by atoms with Crippen LogP contribution in [0.15, 0.2) is 29.8 Å². The lowest BCUT2D eigenvalue weighted by Gasteiger charge is -2.35. The van der Waals surface area contributed by atoms with Crippen LogP contribution in [0.4, 0.5) is 0 Å². The predicted octanol–water partition coefficient (Wildman–Crippen LogP) is 3.03. The number of carbonyl (C=O) groups is 4. The number of aryl methyl sites for hydroxylation is 1. The van der Waals surface area contributed by atoms with E-state index in [1.165, 1.54) is 4.90 Å². The number of carbonyl (C=O) groups excluding carboxylic acids is 3. The highest BCUT2D eigenvalue weighted by Crippen LogP contribution is 2.34. The van der Waals surface area contributed by atoms with E-state index in [9.17, 15) is 24.3 Å².